The zero-order chi connectivity index (χ0) is 15.1. The summed E-state index contributed by atoms with van der Waals surface area (Å²) in [5.74, 6) is 0.704. The molecule has 1 aromatic carbocycles. The summed E-state index contributed by atoms with van der Waals surface area (Å²) in [5.41, 5.74) is 1.20. The van der Waals surface area contributed by atoms with Crippen molar-refractivity contribution in [3.8, 4) is 5.88 Å². The number of fused-ring (bicyclic) bond motifs is 1. The van der Waals surface area contributed by atoms with Crippen LogP contribution in [-0.2, 0) is 11.3 Å². The van der Waals surface area contributed by atoms with Crippen molar-refractivity contribution >= 4 is 10.8 Å². The highest BCUT2D eigenvalue weighted by Crippen LogP contribution is 2.26. The first-order chi connectivity index (χ1) is 10.2. The van der Waals surface area contributed by atoms with Gasteiger partial charge in [-0.15, -0.1) is 0 Å². The molecule has 0 saturated carbocycles. The number of methoxy groups -OCH3 is 1. The Bertz CT molecular complexity index is 570. The van der Waals surface area contributed by atoms with E-state index in [1.165, 1.54) is 10.9 Å². The average molecular weight is 288 g/mol. The molecule has 4 heteroatoms. The Kier molecular flexibility index (Phi) is 5.96. The van der Waals surface area contributed by atoms with Gasteiger partial charge in [0.1, 0.15) is 0 Å². The quantitative estimate of drug-likeness (QED) is 0.758. The van der Waals surface area contributed by atoms with E-state index in [0.29, 0.717) is 25.1 Å². The Labute approximate surface area is 126 Å². The number of hydrogen-bond donors (Lipinski definition) is 1. The maximum atomic E-state index is 5.79. The molecule has 1 aromatic heterocycles. The van der Waals surface area contributed by atoms with E-state index in [1.807, 2.05) is 12.3 Å². The van der Waals surface area contributed by atoms with Crippen LogP contribution in [0.1, 0.15) is 25.8 Å². The van der Waals surface area contributed by atoms with Gasteiger partial charge in [0, 0.05) is 44.3 Å². The van der Waals surface area contributed by atoms with Crippen molar-refractivity contribution in [3.63, 3.8) is 0 Å². The van der Waals surface area contributed by atoms with E-state index >= 15 is 0 Å². The normalized spacial score (nSPS) is 11.2. The zero-order valence-corrected chi connectivity index (χ0v) is 13.1. The van der Waals surface area contributed by atoms with Crippen LogP contribution < -0.4 is 10.1 Å². The minimum Gasteiger partial charge on any atom is -0.477 e. The molecule has 1 heterocycles. The molecule has 0 bridgehead atoms. The third-order valence-electron chi connectivity index (χ3n) is 3.27. The number of pyridine rings is 1. The lowest BCUT2D eigenvalue weighted by atomic mass is 10.1. The Hall–Kier alpha value is -1.65. The third kappa shape index (κ3) is 4.41. The molecule has 0 atom stereocenters. The molecule has 2 rings (SSSR count). The van der Waals surface area contributed by atoms with Gasteiger partial charge in [-0.25, -0.2) is 4.98 Å². The van der Waals surface area contributed by atoms with Gasteiger partial charge < -0.3 is 14.8 Å². The van der Waals surface area contributed by atoms with Crippen molar-refractivity contribution in [3.05, 3.63) is 36.0 Å². The number of hydrogen-bond acceptors (Lipinski definition) is 4. The van der Waals surface area contributed by atoms with Crippen LogP contribution in [0, 0.1) is 0 Å². The van der Waals surface area contributed by atoms with Crippen LogP contribution in [0.5, 0.6) is 5.88 Å². The van der Waals surface area contributed by atoms with Crippen LogP contribution in [0.15, 0.2) is 30.5 Å². The summed E-state index contributed by atoms with van der Waals surface area (Å²) < 4.78 is 10.8. The molecule has 0 amide bonds. The summed E-state index contributed by atoms with van der Waals surface area (Å²) in [7, 11) is 1.70. The van der Waals surface area contributed by atoms with Gasteiger partial charge in [-0.3, -0.25) is 0 Å². The third-order valence-corrected chi connectivity index (χ3v) is 3.27. The van der Waals surface area contributed by atoms with E-state index in [4.69, 9.17) is 9.47 Å². The van der Waals surface area contributed by atoms with Crippen LogP contribution >= 0.6 is 0 Å². The smallest absolute Gasteiger partial charge is 0.221 e. The molecule has 0 saturated heterocycles. The van der Waals surface area contributed by atoms with E-state index < -0.39 is 0 Å². The molecule has 114 valence electrons. The minimum atomic E-state index is 0.453. The van der Waals surface area contributed by atoms with Crippen molar-refractivity contribution < 1.29 is 9.47 Å². The predicted molar refractivity (Wildman–Crippen MR) is 85.7 cm³/mol. The first-order valence-corrected chi connectivity index (χ1v) is 7.44. The molecule has 0 aliphatic heterocycles. The lowest BCUT2D eigenvalue weighted by Crippen LogP contribution is -2.22. The van der Waals surface area contributed by atoms with Crippen LogP contribution in [0.2, 0.25) is 0 Å². The molecular weight excluding hydrogens is 264 g/mol. The maximum absolute atomic E-state index is 5.79. The van der Waals surface area contributed by atoms with Crippen LogP contribution in [0.25, 0.3) is 10.8 Å². The summed E-state index contributed by atoms with van der Waals surface area (Å²) in [6.45, 7) is 6.42. The lowest BCUT2D eigenvalue weighted by molar-refractivity contribution is 0.171. The van der Waals surface area contributed by atoms with Gasteiger partial charge in [-0.05, 0) is 17.0 Å². The van der Waals surface area contributed by atoms with Crippen molar-refractivity contribution in [1.82, 2.24) is 10.3 Å². The van der Waals surface area contributed by atoms with Crippen molar-refractivity contribution in [2.45, 2.75) is 32.9 Å². The molecule has 21 heavy (non-hydrogen) atoms. The summed E-state index contributed by atoms with van der Waals surface area (Å²) in [6.07, 6.45) is 2.77. The lowest BCUT2D eigenvalue weighted by Gasteiger charge is -2.13. The van der Waals surface area contributed by atoms with E-state index in [9.17, 15) is 0 Å². The topological polar surface area (TPSA) is 43.4 Å². The van der Waals surface area contributed by atoms with Crippen molar-refractivity contribution in [2.24, 2.45) is 0 Å². The summed E-state index contributed by atoms with van der Waals surface area (Å²) in [5, 5.41) is 5.70. The van der Waals surface area contributed by atoms with Gasteiger partial charge in [0.2, 0.25) is 5.88 Å². The molecule has 0 fully saturated rings. The monoisotopic (exact) mass is 288 g/mol. The first kappa shape index (κ1) is 15.7. The fourth-order valence-corrected chi connectivity index (χ4v) is 2.17. The number of aromatic nitrogens is 1. The Morgan fingerprint density at radius 3 is 2.62 bits per heavy atom. The molecule has 0 unspecified atom stereocenters. The van der Waals surface area contributed by atoms with Gasteiger partial charge in [0.05, 0.1) is 6.61 Å². The molecule has 0 radical (unpaired) electrons. The molecule has 2 aromatic rings. The molecule has 4 nitrogen and oxygen atoms in total. The van der Waals surface area contributed by atoms with Crippen LogP contribution in [-0.4, -0.2) is 31.3 Å². The van der Waals surface area contributed by atoms with E-state index in [0.717, 1.165) is 18.4 Å². The van der Waals surface area contributed by atoms with Crippen molar-refractivity contribution in [2.75, 3.05) is 20.3 Å². The van der Waals surface area contributed by atoms with Crippen LogP contribution in [0.3, 0.4) is 0 Å². The first-order valence-electron chi connectivity index (χ1n) is 7.44. The number of benzene rings is 1. The van der Waals surface area contributed by atoms with Gasteiger partial charge in [0.15, 0.2) is 0 Å². The number of rotatable bonds is 8. The van der Waals surface area contributed by atoms with Gasteiger partial charge in [-0.2, -0.15) is 0 Å². The Balaban J connectivity index is 2.18. The van der Waals surface area contributed by atoms with E-state index in [2.05, 4.69) is 42.3 Å². The Morgan fingerprint density at radius 1 is 1.14 bits per heavy atom. The molecule has 1 N–H and O–H groups in total. The second-order valence-corrected chi connectivity index (χ2v) is 5.36. The predicted octanol–water partition coefficient (Wildman–Crippen LogP) is 3.15. The number of nitrogens with zero attached hydrogens (tertiary/aromatic N) is 1. The average Bonchev–Trinajstić information content (AvgIpc) is 2.50. The summed E-state index contributed by atoms with van der Waals surface area (Å²) in [4.78, 5) is 4.48. The van der Waals surface area contributed by atoms with Crippen molar-refractivity contribution in [1.29, 1.82) is 0 Å². The number of ether oxygens (including phenoxy) is 2. The van der Waals surface area contributed by atoms with Gasteiger partial charge >= 0.3 is 0 Å². The standard InChI is InChI=1S/C17H24N2O2/c1-13(2)18-11-14-12-19-17(21-10-6-9-20-3)16-8-5-4-7-15(14)16/h4-5,7-8,12-13,18H,6,9-11H2,1-3H3. The SMILES string of the molecule is COCCCOc1ncc(CNC(C)C)c2ccccc12. The molecular formula is C17H24N2O2. The largest absolute Gasteiger partial charge is 0.477 e. The highest BCUT2D eigenvalue weighted by molar-refractivity contribution is 5.89. The fourth-order valence-electron chi connectivity index (χ4n) is 2.17. The van der Waals surface area contributed by atoms with E-state index in [-0.39, 0.29) is 0 Å². The van der Waals surface area contributed by atoms with Gasteiger partial charge in [-0.1, -0.05) is 32.0 Å². The molecule has 0 spiro atoms. The second-order valence-electron chi connectivity index (χ2n) is 5.36. The maximum Gasteiger partial charge on any atom is 0.221 e. The van der Waals surface area contributed by atoms with Crippen LogP contribution in [0.4, 0.5) is 0 Å². The highest BCUT2D eigenvalue weighted by Gasteiger charge is 2.08. The highest BCUT2D eigenvalue weighted by atomic mass is 16.5. The second kappa shape index (κ2) is 7.96. The molecule has 0 aliphatic rings. The molecule has 0 aliphatic carbocycles. The number of nitrogens with one attached hydrogen (secondary N) is 1. The fraction of sp³-hybridized carbons (Fsp3) is 0.471. The summed E-state index contributed by atoms with van der Waals surface area (Å²) >= 11 is 0. The van der Waals surface area contributed by atoms with E-state index in [1.54, 1.807) is 7.11 Å². The van der Waals surface area contributed by atoms with Gasteiger partial charge in [0.25, 0.3) is 0 Å². The summed E-state index contributed by atoms with van der Waals surface area (Å²) in [6, 6.07) is 8.71. The zero-order valence-electron chi connectivity index (χ0n) is 13.1. The minimum absolute atomic E-state index is 0.453. The Morgan fingerprint density at radius 2 is 1.90 bits per heavy atom.